The Hall–Kier alpha value is -4.37. The number of imidazole rings is 1. The van der Waals surface area contributed by atoms with Crippen LogP contribution in [0.4, 0.5) is 11.5 Å². The minimum absolute atomic E-state index is 0.0838. The normalized spacial score (nSPS) is 21.1. The summed E-state index contributed by atoms with van der Waals surface area (Å²) in [6.45, 7) is 4.52. The van der Waals surface area contributed by atoms with Gasteiger partial charge in [-0.15, -0.1) is 0 Å². The van der Waals surface area contributed by atoms with E-state index in [9.17, 15) is 4.79 Å². The standard InChI is InChI=1S/C35H39N7O2/c1-20-24-9-11-28(20)42(19-24)35(43)25-14-27-32(30(16-25)44-3)40(2)34(38-27)29-15-23-10-12-31(37-26-6-4-5-22(13-26)17-36)39-33(23)41(29)18-21-7-8-21/h4-6,10,12-16,20-21,24,28H,7-9,11,17-19,36H2,1-3H3,(H,37,39)/t20-,24?,28?/m1/s1. The van der Waals surface area contributed by atoms with Crippen molar-refractivity contribution in [2.45, 2.75) is 51.7 Å². The van der Waals surface area contributed by atoms with Gasteiger partial charge in [0.05, 0.1) is 18.3 Å². The van der Waals surface area contributed by atoms with Crippen LogP contribution in [0.3, 0.4) is 0 Å². The average molecular weight is 590 g/mol. The van der Waals surface area contributed by atoms with Crippen molar-refractivity contribution in [2.24, 2.45) is 30.5 Å². The van der Waals surface area contributed by atoms with Crippen LogP contribution in [-0.4, -0.2) is 49.6 Å². The zero-order valence-corrected chi connectivity index (χ0v) is 25.6. The van der Waals surface area contributed by atoms with Gasteiger partial charge in [0.1, 0.15) is 22.7 Å². The molecule has 3 aliphatic rings. The number of hydrogen-bond acceptors (Lipinski definition) is 6. The molecule has 3 fully saturated rings. The molecule has 1 saturated heterocycles. The molecule has 226 valence electrons. The quantitative estimate of drug-likeness (QED) is 0.227. The molecule has 1 amide bonds. The van der Waals surface area contributed by atoms with E-state index in [-0.39, 0.29) is 5.91 Å². The van der Waals surface area contributed by atoms with Crippen molar-refractivity contribution in [2.75, 3.05) is 19.0 Å². The van der Waals surface area contributed by atoms with Crippen LogP contribution in [0.5, 0.6) is 5.75 Å². The Bertz CT molecular complexity index is 1920. The topological polar surface area (TPSA) is 103 Å². The lowest BCUT2D eigenvalue weighted by Gasteiger charge is -2.27. The summed E-state index contributed by atoms with van der Waals surface area (Å²) in [5.74, 6) is 4.19. The number of ether oxygens (including phenoxy) is 1. The fourth-order valence-electron chi connectivity index (χ4n) is 7.58. The number of fused-ring (bicyclic) bond motifs is 4. The minimum atomic E-state index is 0.0838. The third kappa shape index (κ3) is 4.44. The van der Waals surface area contributed by atoms with Crippen molar-refractivity contribution < 1.29 is 9.53 Å². The van der Waals surface area contributed by atoms with Gasteiger partial charge in [-0.3, -0.25) is 4.79 Å². The Labute approximate surface area is 257 Å². The summed E-state index contributed by atoms with van der Waals surface area (Å²) in [4.78, 5) is 26.1. The molecule has 9 nitrogen and oxygen atoms in total. The number of nitrogens with one attached hydrogen (secondary N) is 1. The van der Waals surface area contributed by atoms with Crippen molar-refractivity contribution in [1.82, 2.24) is 24.0 Å². The van der Waals surface area contributed by atoms with E-state index >= 15 is 0 Å². The molecule has 3 aromatic heterocycles. The zero-order valence-electron chi connectivity index (χ0n) is 25.6. The van der Waals surface area contributed by atoms with Gasteiger partial charge in [0, 0.05) is 49.4 Å². The maximum atomic E-state index is 13.8. The van der Waals surface area contributed by atoms with Crippen LogP contribution in [0.15, 0.2) is 54.6 Å². The van der Waals surface area contributed by atoms with E-state index in [2.05, 4.69) is 44.5 Å². The molecule has 2 aliphatic carbocycles. The first kappa shape index (κ1) is 27.2. The number of anilines is 2. The maximum Gasteiger partial charge on any atom is 0.254 e. The van der Waals surface area contributed by atoms with E-state index in [4.69, 9.17) is 20.4 Å². The summed E-state index contributed by atoms with van der Waals surface area (Å²) in [6, 6.07) is 18.6. The molecule has 3 N–H and O–H groups in total. The summed E-state index contributed by atoms with van der Waals surface area (Å²) < 4.78 is 10.3. The number of carbonyl (C=O) groups is 1. The van der Waals surface area contributed by atoms with Gasteiger partial charge in [-0.25, -0.2) is 9.97 Å². The van der Waals surface area contributed by atoms with E-state index in [1.54, 1.807) is 7.11 Å². The summed E-state index contributed by atoms with van der Waals surface area (Å²) in [5, 5.41) is 4.53. The van der Waals surface area contributed by atoms with Crippen LogP contribution in [0.1, 0.15) is 48.5 Å². The van der Waals surface area contributed by atoms with E-state index in [0.717, 1.165) is 70.2 Å². The van der Waals surface area contributed by atoms with Gasteiger partial charge >= 0.3 is 0 Å². The van der Waals surface area contributed by atoms with E-state index in [1.165, 1.54) is 19.3 Å². The van der Waals surface area contributed by atoms with Crippen LogP contribution in [0.25, 0.3) is 33.6 Å². The number of rotatable bonds is 8. The van der Waals surface area contributed by atoms with E-state index in [1.807, 2.05) is 43.4 Å². The number of piperidine rings is 1. The van der Waals surface area contributed by atoms with Crippen LogP contribution < -0.4 is 15.8 Å². The second-order valence-corrected chi connectivity index (χ2v) is 13.0. The second-order valence-electron chi connectivity index (χ2n) is 13.0. The van der Waals surface area contributed by atoms with Crippen LogP contribution in [0.2, 0.25) is 0 Å². The van der Waals surface area contributed by atoms with Crippen LogP contribution in [-0.2, 0) is 20.1 Å². The van der Waals surface area contributed by atoms with Crippen molar-refractivity contribution in [3.8, 4) is 17.3 Å². The predicted molar refractivity (Wildman–Crippen MR) is 173 cm³/mol. The molecule has 9 heteroatoms. The molecule has 2 unspecified atom stereocenters. The van der Waals surface area contributed by atoms with Gasteiger partial charge in [0.2, 0.25) is 0 Å². The number of amides is 1. The van der Waals surface area contributed by atoms with E-state index in [0.29, 0.717) is 41.7 Å². The Kier molecular flexibility index (Phi) is 6.41. The first-order valence-corrected chi connectivity index (χ1v) is 15.8. The first-order chi connectivity index (χ1) is 21.4. The molecule has 2 aromatic carbocycles. The number of pyridine rings is 1. The summed E-state index contributed by atoms with van der Waals surface area (Å²) in [6.07, 6.45) is 4.77. The molecule has 0 spiro atoms. The minimum Gasteiger partial charge on any atom is -0.494 e. The lowest BCUT2D eigenvalue weighted by Crippen LogP contribution is -2.38. The predicted octanol–water partition coefficient (Wildman–Crippen LogP) is 6.08. The highest BCUT2D eigenvalue weighted by atomic mass is 16.5. The number of likely N-dealkylation sites (tertiary alicyclic amines) is 1. The monoisotopic (exact) mass is 589 g/mol. The maximum absolute atomic E-state index is 13.8. The molecule has 2 bridgehead atoms. The largest absolute Gasteiger partial charge is 0.494 e. The van der Waals surface area contributed by atoms with Gasteiger partial charge in [-0.2, -0.15) is 0 Å². The van der Waals surface area contributed by atoms with Gasteiger partial charge in [-0.1, -0.05) is 19.1 Å². The molecule has 0 radical (unpaired) electrons. The molecule has 5 aromatic rings. The molecular weight excluding hydrogens is 550 g/mol. The summed E-state index contributed by atoms with van der Waals surface area (Å²) >= 11 is 0. The molecule has 4 heterocycles. The van der Waals surface area contributed by atoms with Gasteiger partial charge in [-0.05, 0) is 91.5 Å². The summed E-state index contributed by atoms with van der Waals surface area (Å²) in [7, 11) is 3.70. The zero-order chi connectivity index (χ0) is 30.1. The second kappa shape index (κ2) is 10.4. The lowest BCUT2D eigenvalue weighted by atomic mass is 10.0. The lowest BCUT2D eigenvalue weighted by molar-refractivity contribution is 0.0696. The van der Waals surface area contributed by atoms with Crippen molar-refractivity contribution in [3.63, 3.8) is 0 Å². The molecule has 44 heavy (non-hydrogen) atoms. The number of aromatic nitrogens is 4. The Balaban J connectivity index is 1.20. The van der Waals surface area contributed by atoms with E-state index < -0.39 is 0 Å². The number of nitrogens with zero attached hydrogens (tertiary/aromatic N) is 5. The third-order valence-corrected chi connectivity index (χ3v) is 10.2. The number of carbonyl (C=O) groups excluding carboxylic acids is 1. The number of hydrogen-bond donors (Lipinski definition) is 2. The van der Waals surface area contributed by atoms with Crippen molar-refractivity contribution >= 4 is 39.5 Å². The summed E-state index contributed by atoms with van der Waals surface area (Å²) in [5.41, 5.74) is 12.1. The number of benzene rings is 2. The molecule has 2 saturated carbocycles. The van der Waals surface area contributed by atoms with Crippen molar-refractivity contribution in [1.29, 1.82) is 0 Å². The third-order valence-electron chi connectivity index (χ3n) is 10.2. The molecule has 1 aliphatic heterocycles. The number of aryl methyl sites for hydroxylation is 1. The molecule has 8 rings (SSSR count). The first-order valence-electron chi connectivity index (χ1n) is 15.8. The van der Waals surface area contributed by atoms with Gasteiger partial charge < -0.3 is 29.8 Å². The van der Waals surface area contributed by atoms with Crippen molar-refractivity contribution in [3.05, 3.63) is 65.7 Å². The van der Waals surface area contributed by atoms with Gasteiger partial charge in [0.15, 0.2) is 5.82 Å². The Morgan fingerprint density at radius 2 is 1.93 bits per heavy atom. The fourth-order valence-corrected chi connectivity index (χ4v) is 7.58. The number of nitrogens with two attached hydrogens (primary N) is 1. The molecular formula is C35H39N7O2. The van der Waals surface area contributed by atoms with Crippen LogP contribution >= 0.6 is 0 Å². The Morgan fingerprint density at radius 1 is 1.07 bits per heavy atom. The van der Waals surface area contributed by atoms with Gasteiger partial charge in [0.25, 0.3) is 5.91 Å². The average Bonchev–Trinajstić information content (AvgIpc) is 3.45. The number of methoxy groups -OCH3 is 1. The highest BCUT2D eigenvalue weighted by Crippen LogP contribution is 2.44. The fraction of sp³-hybridized carbons (Fsp3) is 0.400. The SMILES string of the molecule is COc1cc(C(=O)N2CC3CCC2[C@@H]3C)cc2nc(-c3cc4ccc(Nc5cccc(CN)c5)nc4n3CC3CC3)n(C)c12. The highest BCUT2D eigenvalue weighted by molar-refractivity contribution is 6.00. The molecule has 3 atom stereocenters. The Morgan fingerprint density at radius 3 is 2.66 bits per heavy atom. The smallest absolute Gasteiger partial charge is 0.254 e. The highest BCUT2D eigenvalue weighted by Gasteiger charge is 2.46. The van der Waals surface area contributed by atoms with Crippen LogP contribution in [0, 0.1) is 17.8 Å².